The molecule has 2 N–H and O–H groups in total. The highest BCUT2D eigenvalue weighted by atomic mass is 35.5. The molecule has 1 heterocycles. The number of aromatic nitrogens is 1. The molecule has 2 bridgehead atoms. The van der Waals surface area contributed by atoms with Crippen molar-refractivity contribution >= 4 is 23.4 Å². The van der Waals surface area contributed by atoms with E-state index < -0.39 is 5.82 Å². The Morgan fingerprint density at radius 2 is 1.90 bits per heavy atom. The van der Waals surface area contributed by atoms with Gasteiger partial charge in [-0.25, -0.2) is 4.39 Å². The summed E-state index contributed by atoms with van der Waals surface area (Å²) in [5.74, 6) is -0.590. The highest BCUT2D eigenvalue weighted by molar-refractivity contribution is 6.30. The van der Waals surface area contributed by atoms with E-state index in [0.29, 0.717) is 25.8 Å². The first kappa shape index (κ1) is 19.6. The summed E-state index contributed by atoms with van der Waals surface area (Å²) < 4.78 is 18.7. The Morgan fingerprint density at radius 1 is 1.17 bits per heavy atom. The van der Waals surface area contributed by atoms with Crippen LogP contribution in [-0.4, -0.2) is 35.5 Å². The summed E-state index contributed by atoms with van der Waals surface area (Å²) >= 11 is 5.62. The molecule has 6 nitrogen and oxygen atoms in total. The van der Waals surface area contributed by atoms with Crippen molar-refractivity contribution in [1.29, 1.82) is 0 Å². The van der Waals surface area contributed by atoms with Crippen LogP contribution in [0.4, 0.5) is 4.39 Å². The maximum atomic E-state index is 13.4. The Balaban J connectivity index is 1.18. The molecule has 2 aromatic rings. The largest absolute Gasteiger partial charge is 0.484 e. The topological polar surface area (TPSA) is 80.3 Å². The average Bonchev–Trinajstić information content (AvgIpc) is 2.65. The van der Waals surface area contributed by atoms with Crippen LogP contribution in [0.15, 0.2) is 42.7 Å². The lowest BCUT2D eigenvalue weighted by Crippen LogP contribution is -2.78. The van der Waals surface area contributed by atoms with Gasteiger partial charge in [0.05, 0.1) is 10.4 Å². The van der Waals surface area contributed by atoms with Crippen molar-refractivity contribution in [3.63, 3.8) is 0 Å². The molecule has 1 aromatic heterocycles. The standard InChI is InChI=1S/C21H21ClFN3O3/c22-16-2-1-15(9-17(16)23)29-10-18(27)26-21-11-20(12-21,13-21)19(28)25-8-5-14-3-6-24-7-4-14/h1-4,6-7,9H,5,8,10-13H2,(H,25,28)(H,26,27). The smallest absolute Gasteiger partial charge is 0.258 e. The molecule has 1 aromatic carbocycles. The second kappa shape index (κ2) is 7.63. The van der Waals surface area contributed by atoms with Crippen LogP contribution >= 0.6 is 11.6 Å². The van der Waals surface area contributed by atoms with Crippen molar-refractivity contribution in [2.75, 3.05) is 13.2 Å². The molecular formula is C21H21ClFN3O3. The number of amides is 2. The van der Waals surface area contributed by atoms with Crippen LogP contribution in [0.5, 0.6) is 5.75 Å². The minimum atomic E-state index is -0.596. The van der Waals surface area contributed by atoms with E-state index in [2.05, 4.69) is 15.6 Å². The van der Waals surface area contributed by atoms with E-state index in [0.717, 1.165) is 18.1 Å². The van der Waals surface area contributed by atoms with Crippen LogP contribution in [0.2, 0.25) is 5.02 Å². The summed E-state index contributed by atoms with van der Waals surface area (Å²) in [6.07, 6.45) is 6.15. The number of rotatable bonds is 8. The first-order valence-corrected chi connectivity index (χ1v) is 9.84. The highest BCUT2D eigenvalue weighted by Gasteiger charge is 2.72. The Hall–Kier alpha value is -2.67. The fraction of sp³-hybridized carbons (Fsp3) is 0.381. The van der Waals surface area contributed by atoms with Gasteiger partial charge in [-0.1, -0.05) is 11.6 Å². The van der Waals surface area contributed by atoms with Gasteiger partial charge in [0.25, 0.3) is 5.91 Å². The fourth-order valence-corrected chi connectivity index (χ4v) is 4.38. The number of halogens is 2. The Morgan fingerprint density at radius 3 is 2.59 bits per heavy atom. The van der Waals surface area contributed by atoms with E-state index in [1.54, 1.807) is 12.4 Å². The molecule has 0 saturated heterocycles. The number of carbonyl (C=O) groups excluding carboxylic acids is 2. The van der Waals surface area contributed by atoms with Crippen molar-refractivity contribution < 1.29 is 18.7 Å². The number of benzene rings is 1. The summed E-state index contributed by atoms with van der Waals surface area (Å²) in [6, 6.07) is 7.88. The zero-order chi connectivity index (χ0) is 20.5. The van der Waals surface area contributed by atoms with Gasteiger partial charge in [-0.05, 0) is 55.5 Å². The van der Waals surface area contributed by atoms with Gasteiger partial charge in [0.1, 0.15) is 11.6 Å². The zero-order valence-corrected chi connectivity index (χ0v) is 16.5. The molecule has 5 rings (SSSR count). The molecule has 0 atom stereocenters. The van der Waals surface area contributed by atoms with Crippen LogP contribution in [0.25, 0.3) is 0 Å². The molecule has 2 amide bonds. The molecule has 29 heavy (non-hydrogen) atoms. The monoisotopic (exact) mass is 417 g/mol. The van der Waals surface area contributed by atoms with Crippen molar-refractivity contribution in [2.45, 2.75) is 31.2 Å². The van der Waals surface area contributed by atoms with Crippen LogP contribution in [0, 0.1) is 11.2 Å². The van der Waals surface area contributed by atoms with Gasteiger partial charge in [0, 0.05) is 30.5 Å². The van der Waals surface area contributed by atoms with Crippen LogP contribution in [0.3, 0.4) is 0 Å². The molecule has 152 valence electrons. The number of nitrogens with one attached hydrogen (secondary N) is 2. The molecule has 0 unspecified atom stereocenters. The van der Waals surface area contributed by atoms with Crippen molar-refractivity contribution in [2.24, 2.45) is 5.41 Å². The third-order valence-electron chi connectivity index (χ3n) is 5.63. The lowest BCUT2D eigenvalue weighted by atomic mass is 9.39. The first-order chi connectivity index (χ1) is 13.9. The normalized spacial score (nSPS) is 24.1. The lowest BCUT2D eigenvalue weighted by Gasteiger charge is -2.69. The van der Waals surface area contributed by atoms with E-state index in [4.69, 9.17) is 16.3 Å². The molecular weight excluding hydrogens is 397 g/mol. The fourth-order valence-electron chi connectivity index (χ4n) is 4.27. The molecule has 8 heteroatoms. The number of ether oxygens (including phenoxy) is 1. The molecule has 3 fully saturated rings. The number of nitrogens with zero attached hydrogens (tertiary/aromatic N) is 1. The number of carbonyl (C=O) groups is 2. The van der Waals surface area contributed by atoms with E-state index in [1.165, 1.54) is 12.1 Å². The molecule has 3 aliphatic rings. The van der Waals surface area contributed by atoms with Crippen LogP contribution in [0.1, 0.15) is 24.8 Å². The first-order valence-electron chi connectivity index (χ1n) is 9.46. The molecule has 0 radical (unpaired) electrons. The number of hydrogen-bond acceptors (Lipinski definition) is 4. The van der Waals surface area contributed by atoms with Gasteiger partial charge in [-0.2, -0.15) is 0 Å². The van der Waals surface area contributed by atoms with E-state index in [-0.39, 0.29) is 40.1 Å². The lowest BCUT2D eigenvalue weighted by molar-refractivity contribution is -0.183. The Bertz CT molecular complexity index is 918. The Kier molecular flexibility index (Phi) is 5.17. The van der Waals surface area contributed by atoms with Gasteiger partial charge in [-0.15, -0.1) is 0 Å². The highest BCUT2D eigenvalue weighted by Crippen LogP contribution is 2.67. The number of hydrogen-bond donors (Lipinski definition) is 2. The minimum absolute atomic E-state index is 0.0000182. The molecule has 0 spiro atoms. The van der Waals surface area contributed by atoms with Crippen molar-refractivity contribution in [3.8, 4) is 5.75 Å². The molecule has 3 saturated carbocycles. The van der Waals surface area contributed by atoms with Crippen LogP contribution < -0.4 is 15.4 Å². The van der Waals surface area contributed by atoms with Gasteiger partial charge in [-0.3, -0.25) is 14.6 Å². The van der Waals surface area contributed by atoms with Gasteiger partial charge >= 0.3 is 0 Å². The maximum absolute atomic E-state index is 13.4. The van der Waals surface area contributed by atoms with E-state index in [1.807, 2.05) is 12.1 Å². The predicted molar refractivity (Wildman–Crippen MR) is 105 cm³/mol. The van der Waals surface area contributed by atoms with Gasteiger partial charge in [0.2, 0.25) is 5.91 Å². The maximum Gasteiger partial charge on any atom is 0.258 e. The average molecular weight is 418 g/mol. The second-order valence-corrected chi connectivity index (χ2v) is 8.27. The van der Waals surface area contributed by atoms with Crippen LogP contribution in [-0.2, 0) is 16.0 Å². The van der Waals surface area contributed by atoms with E-state index in [9.17, 15) is 14.0 Å². The quantitative estimate of drug-likeness (QED) is 0.692. The predicted octanol–water partition coefficient (Wildman–Crippen LogP) is 2.65. The molecule has 0 aliphatic heterocycles. The summed E-state index contributed by atoms with van der Waals surface area (Å²) in [7, 11) is 0. The summed E-state index contributed by atoms with van der Waals surface area (Å²) in [6.45, 7) is 0.364. The Labute approximate surface area is 172 Å². The van der Waals surface area contributed by atoms with Gasteiger partial charge in [0.15, 0.2) is 6.61 Å². The number of pyridine rings is 1. The summed E-state index contributed by atoms with van der Waals surface area (Å²) in [5.41, 5.74) is 0.460. The summed E-state index contributed by atoms with van der Waals surface area (Å²) in [4.78, 5) is 28.6. The molecule has 3 aliphatic carbocycles. The third kappa shape index (κ3) is 4.05. The van der Waals surface area contributed by atoms with Crippen molar-refractivity contribution in [3.05, 3.63) is 59.1 Å². The van der Waals surface area contributed by atoms with Gasteiger partial charge < -0.3 is 15.4 Å². The van der Waals surface area contributed by atoms with E-state index >= 15 is 0 Å². The summed E-state index contributed by atoms with van der Waals surface area (Å²) in [5, 5.41) is 5.94. The third-order valence-corrected chi connectivity index (χ3v) is 5.93. The zero-order valence-electron chi connectivity index (χ0n) is 15.7. The second-order valence-electron chi connectivity index (χ2n) is 7.87. The van der Waals surface area contributed by atoms with Crippen molar-refractivity contribution in [1.82, 2.24) is 15.6 Å². The minimum Gasteiger partial charge on any atom is -0.484 e. The SMILES string of the molecule is O=C(COc1ccc(Cl)c(F)c1)NC12CC(C(=O)NCCc3ccncc3)(C1)C2.